The first-order valence-electron chi connectivity index (χ1n) is 5.77. The third-order valence-electron chi connectivity index (χ3n) is 2.23. The number of rotatable bonds is 1. The molecule has 19 heavy (non-hydrogen) atoms. The summed E-state index contributed by atoms with van der Waals surface area (Å²) in [5.41, 5.74) is 1.06. The number of hydrogen-bond acceptors (Lipinski definition) is 4. The maximum Gasteiger partial charge on any atom is 0.321 e. The van der Waals surface area contributed by atoms with E-state index < -0.39 is 0 Å². The lowest BCUT2D eigenvalue weighted by molar-refractivity contribution is 0.244. The van der Waals surface area contributed by atoms with Gasteiger partial charge in [0.15, 0.2) is 5.13 Å². The molecular weight excluding hydrogens is 260 g/mol. The normalized spacial score (nSPS) is 11.1. The SMILES string of the molecule is CC(C)(C)NC(=O)Nc1nc2ccc(C#N)cc2s1. The monoisotopic (exact) mass is 274 g/mol. The second-order valence-electron chi connectivity index (χ2n) is 5.14. The van der Waals surface area contributed by atoms with Gasteiger partial charge in [0, 0.05) is 5.54 Å². The van der Waals surface area contributed by atoms with Crippen LogP contribution in [0.1, 0.15) is 26.3 Å². The Morgan fingerprint density at radius 3 is 2.79 bits per heavy atom. The van der Waals surface area contributed by atoms with E-state index in [1.54, 1.807) is 18.2 Å². The minimum Gasteiger partial charge on any atom is -0.333 e. The number of benzene rings is 1. The van der Waals surface area contributed by atoms with Gasteiger partial charge in [-0.3, -0.25) is 5.32 Å². The number of aromatic nitrogens is 1. The molecule has 0 saturated heterocycles. The Bertz CT molecular complexity index is 663. The highest BCUT2D eigenvalue weighted by molar-refractivity contribution is 7.22. The fourth-order valence-electron chi connectivity index (χ4n) is 1.52. The van der Waals surface area contributed by atoms with Crippen molar-refractivity contribution in [3.63, 3.8) is 0 Å². The summed E-state index contributed by atoms with van der Waals surface area (Å²) in [4.78, 5) is 16.0. The standard InChI is InChI=1S/C13H14N4OS/c1-13(2,3)17-11(18)16-12-15-9-5-4-8(7-14)6-10(9)19-12/h4-6H,1-3H3,(H2,15,16,17,18). The van der Waals surface area contributed by atoms with Crippen LogP contribution in [0.15, 0.2) is 18.2 Å². The van der Waals surface area contributed by atoms with Crippen LogP contribution < -0.4 is 10.6 Å². The van der Waals surface area contributed by atoms with Gasteiger partial charge in [0.25, 0.3) is 0 Å². The van der Waals surface area contributed by atoms with Gasteiger partial charge in [0.2, 0.25) is 0 Å². The molecule has 1 aromatic heterocycles. The number of nitrogens with one attached hydrogen (secondary N) is 2. The molecule has 1 heterocycles. The molecule has 6 heteroatoms. The van der Waals surface area contributed by atoms with E-state index in [1.165, 1.54) is 11.3 Å². The van der Waals surface area contributed by atoms with Crippen LogP contribution in [0.3, 0.4) is 0 Å². The van der Waals surface area contributed by atoms with Crippen LogP contribution in [0.5, 0.6) is 0 Å². The number of urea groups is 1. The van der Waals surface area contributed by atoms with Gasteiger partial charge in [-0.25, -0.2) is 9.78 Å². The van der Waals surface area contributed by atoms with Crippen molar-refractivity contribution in [3.8, 4) is 6.07 Å². The first-order chi connectivity index (χ1) is 8.87. The molecule has 0 bridgehead atoms. The van der Waals surface area contributed by atoms with Crippen LogP contribution >= 0.6 is 11.3 Å². The van der Waals surface area contributed by atoms with E-state index in [2.05, 4.69) is 21.7 Å². The molecule has 2 rings (SSSR count). The molecule has 0 spiro atoms. The summed E-state index contributed by atoms with van der Waals surface area (Å²) in [7, 11) is 0. The third kappa shape index (κ3) is 3.42. The van der Waals surface area contributed by atoms with Crippen LogP contribution in [0.2, 0.25) is 0 Å². The number of nitriles is 1. The van der Waals surface area contributed by atoms with Crippen molar-refractivity contribution in [2.24, 2.45) is 0 Å². The molecule has 2 amide bonds. The molecule has 0 fully saturated rings. The Labute approximate surface area is 115 Å². The van der Waals surface area contributed by atoms with Crippen LogP contribution in [-0.4, -0.2) is 16.6 Å². The van der Waals surface area contributed by atoms with Crippen molar-refractivity contribution in [2.75, 3.05) is 5.32 Å². The van der Waals surface area contributed by atoms with Crippen LogP contribution in [0.25, 0.3) is 10.2 Å². The van der Waals surface area contributed by atoms with Crippen molar-refractivity contribution in [2.45, 2.75) is 26.3 Å². The Morgan fingerprint density at radius 1 is 1.42 bits per heavy atom. The number of carbonyl (C=O) groups is 1. The van der Waals surface area contributed by atoms with Crippen molar-refractivity contribution in [1.29, 1.82) is 5.26 Å². The molecule has 2 aromatic rings. The second-order valence-corrected chi connectivity index (χ2v) is 6.17. The highest BCUT2D eigenvalue weighted by Gasteiger charge is 2.15. The average molecular weight is 274 g/mol. The van der Waals surface area contributed by atoms with Crippen molar-refractivity contribution in [3.05, 3.63) is 23.8 Å². The maximum absolute atomic E-state index is 11.7. The van der Waals surface area contributed by atoms with Crippen molar-refractivity contribution >= 4 is 32.7 Å². The minimum absolute atomic E-state index is 0.285. The molecule has 0 unspecified atom stereocenters. The second kappa shape index (κ2) is 4.86. The lowest BCUT2D eigenvalue weighted by atomic mass is 10.1. The zero-order chi connectivity index (χ0) is 14.0. The van der Waals surface area contributed by atoms with E-state index in [4.69, 9.17) is 5.26 Å². The first-order valence-corrected chi connectivity index (χ1v) is 6.59. The van der Waals surface area contributed by atoms with Gasteiger partial charge in [-0.2, -0.15) is 5.26 Å². The molecule has 0 radical (unpaired) electrons. The Hall–Kier alpha value is -2.13. The molecule has 0 aliphatic heterocycles. The van der Waals surface area contributed by atoms with E-state index in [-0.39, 0.29) is 11.6 Å². The molecule has 0 saturated carbocycles. The maximum atomic E-state index is 11.7. The van der Waals surface area contributed by atoms with Crippen LogP contribution in [-0.2, 0) is 0 Å². The van der Waals surface area contributed by atoms with E-state index in [9.17, 15) is 4.79 Å². The van der Waals surface area contributed by atoms with E-state index in [1.807, 2.05) is 20.8 Å². The Kier molecular flexibility index (Phi) is 3.40. The van der Waals surface area contributed by atoms with E-state index in [0.717, 1.165) is 10.2 Å². The number of anilines is 1. The molecule has 98 valence electrons. The zero-order valence-corrected chi connectivity index (χ0v) is 11.8. The first kappa shape index (κ1) is 13.3. The van der Waals surface area contributed by atoms with Crippen LogP contribution in [0, 0.1) is 11.3 Å². The van der Waals surface area contributed by atoms with Crippen molar-refractivity contribution in [1.82, 2.24) is 10.3 Å². The topological polar surface area (TPSA) is 77.8 Å². The summed E-state index contributed by atoms with van der Waals surface area (Å²) in [5.74, 6) is 0. The molecule has 1 aromatic carbocycles. The molecule has 0 atom stereocenters. The summed E-state index contributed by atoms with van der Waals surface area (Å²) in [6.45, 7) is 5.72. The number of amides is 2. The summed E-state index contributed by atoms with van der Waals surface area (Å²) in [6, 6.07) is 7.04. The van der Waals surface area contributed by atoms with Gasteiger partial charge in [0.1, 0.15) is 0 Å². The summed E-state index contributed by atoms with van der Waals surface area (Å²) in [5, 5.41) is 14.9. The number of hydrogen-bond donors (Lipinski definition) is 2. The van der Waals surface area contributed by atoms with Gasteiger partial charge in [-0.15, -0.1) is 0 Å². The predicted octanol–water partition coefficient (Wildman–Crippen LogP) is 3.09. The van der Waals surface area contributed by atoms with Gasteiger partial charge >= 0.3 is 6.03 Å². The summed E-state index contributed by atoms with van der Waals surface area (Å²) in [6.07, 6.45) is 0. The largest absolute Gasteiger partial charge is 0.333 e. The minimum atomic E-state index is -0.297. The highest BCUT2D eigenvalue weighted by Crippen LogP contribution is 2.26. The Balaban J connectivity index is 2.18. The molecule has 2 N–H and O–H groups in total. The van der Waals surface area contributed by atoms with Gasteiger partial charge in [-0.05, 0) is 39.0 Å². The van der Waals surface area contributed by atoms with E-state index >= 15 is 0 Å². The van der Waals surface area contributed by atoms with Crippen LogP contribution in [0.4, 0.5) is 9.93 Å². The summed E-state index contributed by atoms with van der Waals surface area (Å²) < 4.78 is 0.880. The fraction of sp³-hybridized carbons (Fsp3) is 0.308. The number of nitrogens with zero attached hydrogens (tertiary/aromatic N) is 2. The lowest BCUT2D eigenvalue weighted by Crippen LogP contribution is -2.43. The van der Waals surface area contributed by atoms with Crippen molar-refractivity contribution < 1.29 is 4.79 Å². The van der Waals surface area contributed by atoms with Gasteiger partial charge in [-0.1, -0.05) is 11.3 Å². The van der Waals surface area contributed by atoms with Gasteiger partial charge in [0.05, 0.1) is 21.8 Å². The number of carbonyl (C=O) groups excluding carboxylic acids is 1. The molecule has 5 nitrogen and oxygen atoms in total. The predicted molar refractivity (Wildman–Crippen MR) is 76.2 cm³/mol. The molecule has 0 aliphatic carbocycles. The number of fused-ring (bicyclic) bond motifs is 1. The van der Waals surface area contributed by atoms with Gasteiger partial charge < -0.3 is 5.32 Å². The average Bonchev–Trinajstić information content (AvgIpc) is 2.66. The zero-order valence-electron chi connectivity index (χ0n) is 10.9. The fourth-order valence-corrected chi connectivity index (χ4v) is 2.42. The number of thiazole rings is 1. The Morgan fingerprint density at radius 2 is 2.16 bits per heavy atom. The summed E-state index contributed by atoms with van der Waals surface area (Å²) >= 11 is 1.35. The molecular formula is C13H14N4OS. The lowest BCUT2D eigenvalue weighted by Gasteiger charge is -2.19. The molecule has 0 aliphatic rings. The quantitative estimate of drug-likeness (QED) is 0.838. The smallest absolute Gasteiger partial charge is 0.321 e. The third-order valence-corrected chi connectivity index (χ3v) is 3.16. The highest BCUT2D eigenvalue weighted by atomic mass is 32.1. The van der Waals surface area contributed by atoms with E-state index in [0.29, 0.717) is 10.7 Å².